The van der Waals surface area contributed by atoms with Crippen LogP contribution in [-0.4, -0.2) is 23.1 Å². The number of hydrogen-bond acceptors (Lipinski definition) is 2. The second-order valence-corrected chi connectivity index (χ2v) is 5.10. The van der Waals surface area contributed by atoms with Gasteiger partial charge in [0.25, 0.3) is 0 Å². The zero-order valence-electron chi connectivity index (χ0n) is 10.5. The van der Waals surface area contributed by atoms with Crippen molar-refractivity contribution in [3.8, 4) is 0 Å². The number of carbonyl (C=O) groups is 2. The van der Waals surface area contributed by atoms with E-state index in [4.69, 9.17) is 16.7 Å². The fraction of sp³-hybridized carbons (Fsp3) is 0.385. The lowest BCUT2D eigenvalue weighted by atomic mass is 10.1. The maximum atomic E-state index is 13.6. The van der Waals surface area contributed by atoms with E-state index in [0.717, 1.165) is 12.8 Å². The average Bonchev–Trinajstić information content (AvgIpc) is 3.21. The zero-order chi connectivity index (χ0) is 14.7. The third kappa shape index (κ3) is 3.60. The molecule has 0 bridgehead atoms. The molecule has 1 aromatic rings. The molecule has 0 spiro atoms. The average molecular weight is 301 g/mol. The minimum Gasteiger partial charge on any atom is -0.465 e. The monoisotopic (exact) mass is 300 g/mol. The highest BCUT2D eigenvalue weighted by molar-refractivity contribution is 6.30. The summed E-state index contributed by atoms with van der Waals surface area (Å²) in [6, 6.07) is 3.73. The number of benzene rings is 1. The summed E-state index contributed by atoms with van der Waals surface area (Å²) in [5, 5.41) is 13.4. The van der Waals surface area contributed by atoms with E-state index in [1.807, 2.05) is 0 Å². The Labute approximate surface area is 120 Å². The van der Waals surface area contributed by atoms with E-state index in [9.17, 15) is 14.0 Å². The number of hydrogen-bond donors (Lipinski definition) is 3. The molecule has 3 N–H and O–H groups in total. The van der Waals surface area contributed by atoms with E-state index in [0.29, 0.717) is 0 Å². The third-order valence-electron chi connectivity index (χ3n) is 3.14. The van der Waals surface area contributed by atoms with Crippen LogP contribution in [0.3, 0.4) is 0 Å². The number of rotatable bonds is 5. The van der Waals surface area contributed by atoms with E-state index in [1.165, 1.54) is 12.1 Å². The standard InChI is InChI=1S/C13H14ClFN2O3/c14-9-3-1-2-8(10(9)15)6-16-12(18)11(7-4-5-7)17-13(19)20/h1-3,7,11,17H,4-6H2,(H,16,18)(H,19,20). The molecule has 2 rings (SSSR count). The zero-order valence-corrected chi connectivity index (χ0v) is 11.3. The summed E-state index contributed by atoms with van der Waals surface area (Å²) in [6.45, 7) is -0.0320. The molecule has 7 heteroatoms. The Hall–Kier alpha value is -1.82. The largest absolute Gasteiger partial charge is 0.465 e. The van der Waals surface area contributed by atoms with Crippen LogP contribution in [0.5, 0.6) is 0 Å². The van der Waals surface area contributed by atoms with Crippen molar-refractivity contribution in [2.45, 2.75) is 25.4 Å². The van der Waals surface area contributed by atoms with Gasteiger partial charge in [0.1, 0.15) is 11.9 Å². The van der Waals surface area contributed by atoms with E-state index in [-0.39, 0.29) is 23.0 Å². The highest BCUT2D eigenvalue weighted by Gasteiger charge is 2.37. The van der Waals surface area contributed by atoms with Crippen LogP contribution in [0.2, 0.25) is 5.02 Å². The Morgan fingerprint density at radius 2 is 2.15 bits per heavy atom. The Morgan fingerprint density at radius 1 is 1.45 bits per heavy atom. The molecule has 1 fully saturated rings. The molecule has 0 heterocycles. The Balaban J connectivity index is 1.96. The summed E-state index contributed by atoms with van der Waals surface area (Å²) in [7, 11) is 0. The van der Waals surface area contributed by atoms with Crippen LogP contribution in [-0.2, 0) is 11.3 Å². The summed E-state index contributed by atoms with van der Waals surface area (Å²) < 4.78 is 13.6. The molecule has 0 saturated heterocycles. The van der Waals surface area contributed by atoms with E-state index < -0.39 is 23.9 Å². The van der Waals surface area contributed by atoms with Crippen molar-refractivity contribution in [1.82, 2.24) is 10.6 Å². The van der Waals surface area contributed by atoms with Gasteiger partial charge in [0.2, 0.25) is 5.91 Å². The summed E-state index contributed by atoms with van der Waals surface area (Å²) in [5.41, 5.74) is 0.260. The van der Waals surface area contributed by atoms with Crippen LogP contribution in [0.25, 0.3) is 0 Å². The molecular formula is C13H14ClFN2O3. The van der Waals surface area contributed by atoms with Crippen LogP contribution in [0.15, 0.2) is 18.2 Å². The predicted octanol–water partition coefficient (Wildman–Crippen LogP) is 2.14. The van der Waals surface area contributed by atoms with Crippen molar-refractivity contribution >= 4 is 23.6 Å². The normalized spacial score (nSPS) is 15.5. The van der Waals surface area contributed by atoms with Gasteiger partial charge < -0.3 is 15.7 Å². The second kappa shape index (κ2) is 6.09. The molecule has 1 atom stereocenters. The van der Waals surface area contributed by atoms with E-state index in [2.05, 4.69) is 10.6 Å². The first kappa shape index (κ1) is 14.6. The highest BCUT2D eigenvalue weighted by Crippen LogP contribution is 2.32. The summed E-state index contributed by atoms with van der Waals surface area (Å²) in [6.07, 6.45) is 0.374. The maximum absolute atomic E-state index is 13.6. The molecule has 1 aliphatic rings. The first-order valence-electron chi connectivity index (χ1n) is 6.19. The molecule has 1 unspecified atom stereocenters. The predicted molar refractivity (Wildman–Crippen MR) is 70.9 cm³/mol. The van der Waals surface area contributed by atoms with Gasteiger partial charge in [0, 0.05) is 12.1 Å². The maximum Gasteiger partial charge on any atom is 0.405 e. The summed E-state index contributed by atoms with van der Waals surface area (Å²) >= 11 is 5.64. The highest BCUT2D eigenvalue weighted by atomic mass is 35.5. The quantitative estimate of drug-likeness (QED) is 0.779. The van der Waals surface area contributed by atoms with Gasteiger partial charge in [-0.1, -0.05) is 23.7 Å². The van der Waals surface area contributed by atoms with Crippen LogP contribution >= 0.6 is 11.6 Å². The second-order valence-electron chi connectivity index (χ2n) is 4.70. The Bertz CT molecular complexity index is 534. The molecule has 5 nitrogen and oxygen atoms in total. The number of carbonyl (C=O) groups excluding carboxylic acids is 1. The third-order valence-corrected chi connectivity index (χ3v) is 3.43. The lowest BCUT2D eigenvalue weighted by Gasteiger charge is -2.16. The first-order valence-corrected chi connectivity index (χ1v) is 6.57. The molecular weight excluding hydrogens is 287 g/mol. The van der Waals surface area contributed by atoms with Crippen LogP contribution in [0.4, 0.5) is 9.18 Å². The SMILES string of the molecule is O=C(O)NC(C(=O)NCc1cccc(Cl)c1F)C1CC1. The van der Waals surface area contributed by atoms with Crippen LogP contribution < -0.4 is 10.6 Å². The molecule has 0 aliphatic heterocycles. The molecule has 1 aliphatic carbocycles. The van der Waals surface area contributed by atoms with Crippen molar-refractivity contribution in [3.05, 3.63) is 34.6 Å². The van der Waals surface area contributed by atoms with Crippen LogP contribution in [0, 0.1) is 11.7 Å². The number of halogens is 2. The number of nitrogens with one attached hydrogen (secondary N) is 2. The van der Waals surface area contributed by atoms with Gasteiger partial charge in [-0.3, -0.25) is 4.79 Å². The fourth-order valence-corrected chi connectivity index (χ4v) is 2.13. The number of amides is 2. The Kier molecular flexibility index (Phi) is 4.44. The van der Waals surface area contributed by atoms with Crippen molar-refractivity contribution < 1.29 is 19.1 Å². The molecule has 2 amide bonds. The van der Waals surface area contributed by atoms with Gasteiger partial charge in [0.15, 0.2) is 0 Å². The fourth-order valence-electron chi connectivity index (χ4n) is 1.94. The summed E-state index contributed by atoms with van der Waals surface area (Å²) in [4.78, 5) is 22.6. The smallest absolute Gasteiger partial charge is 0.405 e. The topological polar surface area (TPSA) is 78.4 Å². The van der Waals surface area contributed by atoms with Gasteiger partial charge >= 0.3 is 6.09 Å². The number of carboxylic acid groups (broad SMARTS) is 1. The van der Waals surface area contributed by atoms with Gasteiger partial charge in [-0.05, 0) is 24.8 Å². The van der Waals surface area contributed by atoms with Crippen molar-refractivity contribution in [3.63, 3.8) is 0 Å². The van der Waals surface area contributed by atoms with Gasteiger partial charge in [0.05, 0.1) is 5.02 Å². The first-order chi connectivity index (χ1) is 9.49. The molecule has 108 valence electrons. The molecule has 1 saturated carbocycles. The molecule has 0 radical (unpaired) electrons. The minimum absolute atomic E-state index is 0.0147. The van der Waals surface area contributed by atoms with Crippen molar-refractivity contribution in [1.29, 1.82) is 0 Å². The molecule has 0 aromatic heterocycles. The lowest BCUT2D eigenvalue weighted by Crippen LogP contribution is -2.47. The molecule has 1 aromatic carbocycles. The van der Waals surface area contributed by atoms with Crippen molar-refractivity contribution in [2.24, 2.45) is 5.92 Å². The van der Waals surface area contributed by atoms with E-state index in [1.54, 1.807) is 6.07 Å². The van der Waals surface area contributed by atoms with Crippen molar-refractivity contribution in [2.75, 3.05) is 0 Å². The lowest BCUT2D eigenvalue weighted by molar-refractivity contribution is -0.123. The minimum atomic E-state index is -1.24. The summed E-state index contributed by atoms with van der Waals surface area (Å²) in [5.74, 6) is -1.01. The van der Waals surface area contributed by atoms with E-state index >= 15 is 0 Å². The van der Waals surface area contributed by atoms with Gasteiger partial charge in [-0.2, -0.15) is 0 Å². The van der Waals surface area contributed by atoms with Gasteiger partial charge in [-0.15, -0.1) is 0 Å². The van der Waals surface area contributed by atoms with Crippen LogP contribution in [0.1, 0.15) is 18.4 Å². The molecule has 20 heavy (non-hydrogen) atoms. The Morgan fingerprint density at radius 3 is 2.75 bits per heavy atom. The van der Waals surface area contributed by atoms with Gasteiger partial charge in [-0.25, -0.2) is 9.18 Å².